The lowest BCUT2D eigenvalue weighted by Crippen LogP contribution is -2.29. The summed E-state index contributed by atoms with van der Waals surface area (Å²) in [6.45, 7) is 3.40. The van der Waals surface area contributed by atoms with Crippen LogP contribution in [-0.4, -0.2) is 19.6 Å². The van der Waals surface area contributed by atoms with Crippen molar-refractivity contribution in [2.45, 2.75) is 30.7 Å². The van der Waals surface area contributed by atoms with E-state index in [0.29, 0.717) is 4.88 Å². The number of thiophene rings is 1. The van der Waals surface area contributed by atoms with Crippen molar-refractivity contribution in [3.63, 3.8) is 0 Å². The van der Waals surface area contributed by atoms with Gasteiger partial charge in [0.25, 0.3) is 0 Å². The van der Waals surface area contributed by atoms with Crippen molar-refractivity contribution < 1.29 is 13.5 Å². The number of sulfonamides is 1. The third kappa shape index (κ3) is 2.78. The molecule has 0 fully saturated rings. The largest absolute Gasteiger partial charge is 0.391 e. The van der Waals surface area contributed by atoms with E-state index in [-0.39, 0.29) is 16.9 Å². The van der Waals surface area contributed by atoms with Crippen LogP contribution >= 0.6 is 11.3 Å². The molecule has 0 aliphatic carbocycles. The van der Waals surface area contributed by atoms with Gasteiger partial charge in [0, 0.05) is 10.9 Å². The van der Waals surface area contributed by atoms with Gasteiger partial charge >= 0.3 is 0 Å². The molecule has 4 nitrogen and oxygen atoms in total. The second-order valence-electron chi connectivity index (χ2n) is 3.15. The summed E-state index contributed by atoms with van der Waals surface area (Å²) in [5.74, 6) is 0. The van der Waals surface area contributed by atoms with Gasteiger partial charge in [0.05, 0.1) is 6.61 Å². The van der Waals surface area contributed by atoms with Crippen molar-refractivity contribution in [3.8, 4) is 0 Å². The minimum atomic E-state index is -3.39. The molecule has 6 heteroatoms. The van der Waals surface area contributed by atoms with Gasteiger partial charge in [-0.3, -0.25) is 0 Å². The third-order valence-corrected chi connectivity index (χ3v) is 4.67. The smallest absolute Gasteiger partial charge is 0.250 e. The Morgan fingerprint density at radius 2 is 2.14 bits per heavy atom. The van der Waals surface area contributed by atoms with E-state index in [0.717, 1.165) is 11.3 Å². The summed E-state index contributed by atoms with van der Waals surface area (Å²) in [6.07, 6.45) is 0. The van der Waals surface area contributed by atoms with Gasteiger partial charge < -0.3 is 5.11 Å². The van der Waals surface area contributed by atoms with Gasteiger partial charge in [-0.1, -0.05) is 0 Å². The Labute approximate surface area is 87.6 Å². The molecule has 1 heterocycles. The van der Waals surface area contributed by atoms with Crippen LogP contribution in [0, 0.1) is 0 Å². The Balaban J connectivity index is 2.93. The van der Waals surface area contributed by atoms with Crippen LogP contribution in [0.25, 0.3) is 0 Å². The molecule has 80 valence electrons. The van der Waals surface area contributed by atoms with Crippen LogP contribution in [0.5, 0.6) is 0 Å². The van der Waals surface area contributed by atoms with Gasteiger partial charge in [-0.2, -0.15) is 0 Å². The first-order valence-electron chi connectivity index (χ1n) is 4.17. The zero-order valence-electron chi connectivity index (χ0n) is 8.02. The molecule has 0 unspecified atom stereocenters. The van der Waals surface area contributed by atoms with Crippen LogP contribution in [0.3, 0.4) is 0 Å². The van der Waals surface area contributed by atoms with Crippen LogP contribution in [0.15, 0.2) is 16.3 Å². The molecule has 1 aromatic heterocycles. The molecule has 0 spiro atoms. The van der Waals surface area contributed by atoms with Gasteiger partial charge in [0.15, 0.2) is 0 Å². The highest BCUT2D eigenvalue weighted by molar-refractivity contribution is 7.91. The van der Waals surface area contributed by atoms with Gasteiger partial charge in [-0.05, 0) is 26.0 Å². The van der Waals surface area contributed by atoms with Crippen LogP contribution in [0.1, 0.15) is 18.7 Å². The number of aliphatic hydroxyl groups excluding tert-OH is 1. The monoisotopic (exact) mass is 235 g/mol. The Kier molecular flexibility index (Phi) is 3.65. The van der Waals surface area contributed by atoms with E-state index < -0.39 is 10.0 Å². The number of hydrogen-bond acceptors (Lipinski definition) is 4. The van der Waals surface area contributed by atoms with Crippen LogP contribution in [0.4, 0.5) is 0 Å². The predicted octanol–water partition coefficient (Wildman–Crippen LogP) is 0.927. The molecular formula is C8H13NO3S2. The molecule has 2 N–H and O–H groups in total. The molecule has 0 bridgehead atoms. The van der Waals surface area contributed by atoms with Gasteiger partial charge in [0.2, 0.25) is 10.0 Å². The lowest BCUT2D eigenvalue weighted by atomic mass is 10.4. The highest BCUT2D eigenvalue weighted by atomic mass is 32.2. The maximum Gasteiger partial charge on any atom is 0.250 e. The summed E-state index contributed by atoms with van der Waals surface area (Å²) in [4.78, 5) is 0.647. The van der Waals surface area contributed by atoms with E-state index in [1.807, 2.05) is 0 Å². The van der Waals surface area contributed by atoms with Crippen molar-refractivity contribution in [2.75, 3.05) is 0 Å². The lowest BCUT2D eigenvalue weighted by molar-refractivity contribution is 0.285. The average Bonchev–Trinajstić information content (AvgIpc) is 2.49. The zero-order chi connectivity index (χ0) is 10.8. The van der Waals surface area contributed by atoms with E-state index >= 15 is 0 Å². The standard InChI is InChI=1S/C8H13NO3S2/c1-6(2)9-14(11,12)8-4-3-7(5-10)13-8/h3-4,6,9-10H,5H2,1-2H3. The molecule has 0 saturated heterocycles. The summed E-state index contributed by atoms with van der Waals surface area (Å²) in [5.41, 5.74) is 0. The minimum absolute atomic E-state index is 0.123. The topological polar surface area (TPSA) is 66.4 Å². The average molecular weight is 235 g/mol. The Bertz CT molecular complexity index is 394. The first kappa shape index (κ1) is 11.6. The Hall–Kier alpha value is -0.430. The van der Waals surface area contributed by atoms with Gasteiger partial charge in [0.1, 0.15) is 4.21 Å². The second-order valence-corrected chi connectivity index (χ2v) is 6.26. The fourth-order valence-electron chi connectivity index (χ4n) is 0.956. The van der Waals surface area contributed by atoms with E-state index in [4.69, 9.17) is 5.11 Å². The summed E-state index contributed by atoms with van der Waals surface area (Å²) < 4.78 is 25.9. The summed E-state index contributed by atoms with van der Waals surface area (Å²) in [5, 5.41) is 8.79. The van der Waals surface area contributed by atoms with Crippen LogP contribution < -0.4 is 4.72 Å². The number of hydrogen-bond donors (Lipinski definition) is 2. The van der Waals surface area contributed by atoms with E-state index in [1.54, 1.807) is 19.9 Å². The van der Waals surface area contributed by atoms with Gasteiger partial charge in [-0.15, -0.1) is 11.3 Å². The zero-order valence-corrected chi connectivity index (χ0v) is 9.65. The second kappa shape index (κ2) is 4.39. The molecule has 0 amide bonds. The molecule has 0 saturated carbocycles. The minimum Gasteiger partial charge on any atom is -0.391 e. The molecular weight excluding hydrogens is 222 g/mol. The van der Waals surface area contributed by atoms with E-state index in [2.05, 4.69) is 4.72 Å². The normalized spacial score (nSPS) is 12.3. The van der Waals surface area contributed by atoms with Crippen molar-refractivity contribution in [3.05, 3.63) is 17.0 Å². The quantitative estimate of drug-likeness (QED) is 0.815. The fraction of sp³-hybridized carbons (Fsp3) is 0.500. The fourth-order valence-corrected chi connectivity index (χ4v) is 3.44. The molecule has 0 aromatic carbocycles. The van der Waals surface area contributed by atoms with Crippen molar-refractivity contribution in [1.82, 2.24) is 4.72 Å². The summed E-state index contributed by atoms with van der Waals surface area (Å²) >= 11 is 1.08. The van der Waals surface area contributed by atoms with Crippen molar-refractivity contribution in [2.24, 2.45) is 0 Å². The maximum atomic E-state index is 11.6. The summed E-state index contributed by atoms with van der Waals surface area (Å²) in [6, 6.07) is 2.99. The molecule has 0 radical (unpaired) electrons. The third-order valence-electron chi connectivity index (χ3n) is 1.45. The van der Waals surface area contributed by atoms with Crippen LogP contribution in [0.2, 0.25) is 0 Å². The molecule has 1 aromatic rings. The number of aliphatic hydroxyl groups is 1. The van der Waals surface area contributed by atoms with Crippen molar-refractivity contribution in [1.29, 1.82) is 0 Å². The maximum absolute atomic E-state index is 11.6. The Morgan fingerprint density at radius 3 is 2.57 bits per heavy atom. The summed E-state index contributed by atoms with van der Waals surface area (Å²) in [7, 11) is -3.39. The number of nitrogens with one attached hydrogen (secondary N) is 1. The lowest BCUT2D eigenvalue weighted by Gasteiger charge is -2.06. The van der Waals surface area contributed by atoms with Gasteiger partial charge in [-0.25, -0.2) is 13.1 Å². The molecule has 0 aliphatic heterocycles. The number of rotatable bonds is 4. The van der Waals surface area contributed by atoms with Crippen LogP contribution in [-0.2, 0) is 16.6 Å². The van der Waals surface area contributed by atoms with E-state index in [9.17, 15) is 8.42 Å². The molecule has 1 rings (SSSR count). The SMILES string of the molecule is CC(C)NS(=O)(=O)c1ccc(CO)s1. The molecule has 14 heavy (non-hydrogen) atoms. The first-order chi connectivity index (χ1) is 6.45. The Morgan fingerprint density at radius 1 is 1.50 bits per heavy atom. The highest BCUT2D eigenvalue weighted by Gasteiger charge is 2.17. The molecule has 0 atom stereocenters. The first-order valence-corrected chi connectivity index (χ1v) is 6.47. The highest BCUT2D eigenvalue weighted by Crippen LogP contribution is 2.21. The molecule has 0 aliphatic rings. The predicted molar refractivity (Wildman–Crippen MR) is 55.7 cm³/mol. The van der Waals surface area contributed by atoms with E-state index in [1.165, 1.54) is 6.07 Å². The van der Waals surface area contributed by atoms with Crippen molar-refractivity contribution >= 4 is 21.4 Å².